The van der Waals surface area contributed by atoms with E-state index in [0.717, 1.165) is 5.56 Å². The highest BCUT2D eigenvalue weighted by molar-refractivity contribution is 7.93. The van der Waals surface area contributed by atoms with E-state index in [1.807, 2.05) is 18.2 Å². The molecule has 2 aliphatic rings. The fourth-order valence-corrected chi connectivity index (χ4v) is 5.37. The van der Waals surface area contributed by atoms with Crippen molar-refractivity contribution in [3.8, 4) is 5.75 Å². The summed E-state index contributed by atoms with van der Waals surface area (Å²) in [5.74, 6) is -0.362. The first kappa shape index (κ1) is 18.1. The number of phenols is 1. The van der Waals surface area contributed by atoms with Gasteiger partial charge in [-0.3, -0.25) is 9.10 Å². The number of hydrogen-bond acceptors (Lipinski definition) is 4. The van der Waals surface area contributed by atoms with Crippen LogP contribution in [0.3, 0.4) is 0 Å². The van der Waals surface area contributed by atoms with Crippen LogP contribution in [0.25, 0.3) is 0 Å². The molecule has 0 radical (unpaired) electrons. The van der Waals surface area contributed by atoms with Crippen LogP contribution in [0.1, 0.15) is 24.3 Å². The van der Waals surface area contributed by atoms with Crippen LogP contribution in [-0.4, -0.2) is 31.7 Å². The molecule has 1 aliphatic carbocycles. The van der Waals surface area contributed by atoms with Crippen LogP contribution in [0.4, 0.5) is 11.4 Å². The minimum absolute atomic E-state index is 0.0583. The van der Waals surface area contributed by atoms with Gasteiger partial charge in [-0.1, -0.05) is 29.8 Å². The van der Waals surface area contributed by atoms with E-state index in [1.165, 1.54) is 22.5 Å². The number of anilines is 2. The molecule has 2 unspecified atom stereocenters. The van der Waals surface area contributed by atoms with E-state index in [2.05, 4.69) is 5.32 Å². The molecule has 0 spiro atoms. The maximum absolute atomic E-state index is 12.6. The van der Waals surface area contributed by atoms with E-state index in [9.17, 15) is 18.3 Å². The summed E-state index contributed by atoms with van der Waals surface area (Å²) < 4.78 is 25.5. The van der Waals surface area contributed by atoms with Gasteiger partial charge in [0.2, 0.25) is 15.9 Å². The number of benzene rings is 2. The van der Waals surface area contributed by atoms with Gasteiger partial charge in [-0.15, -0.1) is 0 Å². The van der Waals surface area contributed by atoms with Crippen LogP contribution >= 0.6 is 11.6 Å². The number of carbonyl (C=O) groups is 1. The summed E-state index contributed by atoms with van der Waals surface area (Å²) in [6.07, 6.45) is 1.25. The predicted octanol–water partition coefficient (Wildman–Crippen LogP) is 3.33. The van der Waals surface area contributed by atoms with Crippen molar-refractivity contribution in [2.45, 2.75) is 18.8 Å². The molecule has 1 aliphatic heterocycles. The largest absolute Gasteiger partial charge is 0.506 e. The van der Waals surface area contributed by atoms with E-state index < -0.39 is 10.0 Å². The molecule has 2 atom stereocenters. The molecule has 2 aromatic rings. The van der Waals surface area contributed by atoms with Gasteiger partial charge in [-0.2, -0.15) is 0 Å². The van der Waals surface area contributed by atoms with Crippen molar-refractivity contribution in [1.29, 1.82) is 0 Å². The Labute approximate surface area is 162 Å². The van der Waals surface area contributed by atoms with Gasteiger partial charge in [0.25, 0.3) is 0 Å². The number of rotatable bonds is 4. The van der Waals surface area contributed by atoms with Crippen LogP contribution in [0.2, 0.25) is 5.02 Å². The number of phenolic OH excluding ortho intramolecular Hbond substituents is 1. The van der Waals surface area contributed by atoms with Gasteiger partial charge in [-0.25, -0.2) is 8.42 Å². The molecule has 6 nitrogen and oxygen atoms in total. The lowest BCUT2D eigenvalue weighted by molar-refractivity contribution is -0.117. The number of halogens is 1. The molecule has 2 aromatic carbocycles. The molecular formula is C19H19ClN2O4S. The molecule has 1 heterocycles. The fraction of sp³-hybridized carbons (Fsp3) is 0.316. The Kier molecular flexibility index (Phi) is 4.52. The van der Waals surface area contributed by atoms with Crippen LogP contribution in [-0.2, 0) is 14.8 Å². The molecular weight excluding hydrogens is 388 g/mol. The second-order valence-corrected chi connectivity index (χ2v) is 9.32. The third kappa shape index (κ3) is 3.49. The van der Waals surface area contributed by atoms with Crippen molar-refractivity contribution < 1.29 is 18.3 Å². The van der Waals surface area contributed by atoms with Gasteiger partial charge >= 0.3 is 0 Å². The number of amides is 1. The van der Waals surface area contributed by atoms with Crippen molar-refractivity contribution in [3.05, 3.63) is 53.1 Å². The van der Waals surface area contributed by atoms with Gasteiger partial charge in [0, 0.05) is 17.5 Å². The van der Waals surface area contributed by atoms with E-state index >= 15 is 0 Å². The Balaban J connectivity index is 1.51. The lowest BCUT2D eigenvalue weighted by atomic mass is 10.1. The Morgan fingerprint density at radius 3 is 2.70 bits per heavy atom. The predicted molar refractivity (Wildman–Crippen MR) is 105 cm³/mol. The molecule has 2 N–H and O–H groups in total. The number of nitrogens with one attached hydrogen (secondary N) is 1. The topological polar surface area (TPSA) is 86.7 Å². The summed E-state index contributed by atoms with van der Waals surface area (Å²) in [4.78, 5) is 12.6. The summed E-state index contributed by atoms with van der Waals surface area (Å²) in [5.41, 5.74) is 1.60. The molecule has 0 bridgehead atoms. The summed E-state index contributed by atoms with van der Waals surface area (Å²) in [6.45, 7) is 0.400. The quantitative estimate of drug-likeness (QED) is 0.762. The van der Waals surface area contributed by atoms with Crippen LogP contribution in [0.15, 0.2) is 42.5 Å². The van der Waals surface area contributed by atoms with Crippen molar-refractivity contribution >= 4 is 38.9 Å². The zero-order chi connectivity index (χ0) is 19.2. The maximum atomic E-state index is 12.6. The first-order valence-electron chi connectivity index (χ1n) is 8.75. The zero-order valence-electron chi connectivity index (χ0n) is 14.4. The maximum Gasteiger partial charge on any atom is 0.235 e. The lowest BCUT2D eigenvalue weighted by Crippen LogP contribution is -2.25. The molecule has 27 heavy (non-hydrogen) atoms. The average molecular weight is 407 g/mol. The highest BCUT2D eigenvalue weighted by atomic mass is 35.5. The van der Waals surface area contributed by atoms with Gasteiger partial charge in [0.15, 0.2) is 0 Å². The van der Waals surface area contributed by atoms with Gasteiger partial charge in [0.05, 0.1) is 17.1 Å². The number of aromatic hydroxyl groups is 1. The molecule has 4 rings (SSSR count). The Hall–Kier alpha value is -2.25. The van der Waals surface area contributed by atoms with Crippen molar-refractivity contribution in [3.63, 3.8) is 0 Å². The van der Waals surface area contributed by atoms with Gasteiger partial charge < -0.3 is 10.4 Å². The second-order valence-electron chi connectivity index (χ2n) is 6.90. The summed E-state index contributed by atoms with van der Waals surface area (Å²) in [5, 5.41) is 13.5. The smallest absolute Gasteiger partial charge is 0.235 e. The Bertz CT molecular complexity index is 1010. The zero-order valence-corrected chi connectivity index (χ0v) is 16.0. The minimum atomic E-state index is -3.33. The normalized spacial score (nSPS) is 23.2. The van der Waals surface area contributed by atoms with Crippen LogP contribution in [0, 0.1) is 5.92 Å². The summed E-state index contributed by atoms with van der Waals surface area (Å²) in [7, 11) is -3.33. The minimum Gasteiger partial charge on any atom is -0.506 e. The molecule has 0 aromatic heterocycles. The van der Waals surface area contributed by atoms with E-state index in [1.54, 1.807) is 6.07 Å². The Morgan fingerprint density at radius 2 is 2.00 bits per heavy atom. The summed E-state index contributed by atoms with van der Waals surface area (Å²) in [6, 6.07) is 11.9. The number of carbonyl (C=O) groups excluding carboxylic acids is 1. The molecule has 2 fully saturated rings. The fourth-order valence-electron chi connectivity index (χ4n) is 3.54. The standard InChI is InChI=1S/C19H19ClN2O4S/c20-16-5-2-1-4-13(16)14-11-15(14)19(24)21-17-10-12(6-7-18(17)23)22-8-3-9-27(22,25)26/h1-2,4-7,10,14-15,23H,3,8-9,11H2,(H,21,24). The highest BCUT2D eigenvalue weighted by Gasteiger charge is 2.45. The highest BCUT2D eigenvalue weighted by Crippen LogP contribution is 2.50. The van der Waals surface area contributed by atoms with E-state index in [4.69, 9.17) is 11.6 Å². The molecule has 142 valence electrons. The second kappa shape index (κ2) is 6.73. The number of nitrogens with zero attached hydrogens (tertiary/aromatic N) is 1. The van der Waals surface area contributed by atoms with Crippen LogP contribution < -0.4 is 9.62 Å². The Morgan fingerprint density at radius 1 is 1.22 bits per heavy atom. The van der Waals surface area contributed by atoms with E-state index in [-0.39, 0.29) is 34.9 Å². The van der Waals surface area contributed by atoms with Crippen LogP contribution in [0.5, 0.6) is 5.75 Å². The third-order valence-electron chi connectivity index (χ3n) is 5.06. The monoisotopic (exact) mass is 406 g/mol. The average Bonchev–Trinajstić information content (AvgIpc) is 3.34. The number of hydrogen-bond donors (Lipinski definition) is 2. The summed E-state index contributed by atoms with van der Waals surface area (Å²) >= 11 is 6.20. The first-order chi connectivity index (χ1) is 12.9. The number of sulfonamides is 1. The van der Waals surface area contributed by atoms with Crippen molar-refractivity contribution in [1.82, 2.24) is 0 Å². The van der Waals surface area contributed by atoms with Gasteiger partial charge in [-0.05, 0) is 48.6 Å². The van der Waals surface area contributed by atoms with Crippen molar-refractivity contribution in [2.75, 3.05) is 21.9 Å². The molecule has 1 saturated heterocycles. The molecule has 1 saturated carbocycles. The third-order valence-corrected chi connectivity index (χ3v) is 7.27. The first-order valence-corrected chi connectivity index (χ1v) is 10.7. The lowest BCUT2D eigenvalue weighted by Gasteiger charge is -2.18. The SMILES string of the molecule is O=C(Nc1cc(N2CCCS2(=O)=O)ccc1O)C1CC1c1ccccc1Cl. The van der Waals surface area contributed by atoms with Crippen molar-refractivity contribution in [2.24, 2.45) is 5.92 Å². The molecule has 1 amide bonds. The van der Waals surface area contributed by atoms with Gasteiger partial charge in [0.1, 0.15) is 5.75 Å². The van der Waals surface area contributed by atoms with E-state index in [0.29, 0.717) is 30.1 Å². The molecule has 8 heteroatoms.